The van der Waals surface area contributed by atoms with E-state index in [0.29, 0.717) is 37.7 Å². The van der Waals surface area contributed by atoms with Gasteiger partial charge in [-0.05, 0) is 55.4 Å². The number of nitrogens with zero attached hydrogens (tertiary/aromatic N) is 3. The number of ether oxygens (including phenoxy) is 1. The van der Waals surface area contributed by atoms with Gasteiger partial charge in [0.25, 0.3) is 0 Å². The number of carbonyl (C=O) groups excluding carboxylic acids is 1. The quantitative estimate of drug-likeness (QED) is 0.689. The third kappa shape index (κ3) is 4.21. The van der Waals surface area contributed by atoms with Crippen LogP contribution >= 0.6 is 0 Å². The molecule has 1 atom stereocenters. The van der Waals surface area contributed by atoms with E-state index in [1.54, 1.807) is 17.5 Å². The van der Waals surface area contributed by atoms with Crippen molar-refractivity contribution in [2.75, 3.05) is 53.0 Å². The number of carbonyl (C=O) groups is 1. The molecule has 0 saturated carbocycles. The lowest BCUT2D eigenvalue weighted by Crippen LogP contribution is -2.44. The molecular weight excluding hydrogens is 390 g/mol. The zero-order chi connectivity index (χ0) is 20.4. The summed E-state index contributed by atoms with van der Waals surface area (Å²) in [6, 6.07) is 5.48. The average molecular weight is 422 g/mol. The first-order valence-electron chi connectivity index (χ1n) is 10.6. The molecule has 0 spiro atoms. The number of amides is 1. The van der Waals surface area contributed by atoms with E-state index in [-0.39, 0.29) is 11.9 Å². The molecule has 2 aliphatic heterocycles. The van der Waals surface area contributed by atoms with Crippen LogP contribution in [0.1, 0.15) is 30.4 Å². The van der Waals surface area contributed by atoms with Crippen LogP contribution in [0.5, 0.6) is 0 Å². The maximum absolute atomic E-state index is 13.2. The van der Waals surface area contributed by atoms with Crippen LogP contribution in [0.3, 0.4) is 0 Å². The van der Waals surface area contributed by atoms with E-state index in [9.17, 15) is 13.2 Å². The average Bonchev–Trinajstić information content (AvgIpc) is 3.24. The van der Waals surface area contributed by atoms with Gasteiger partial charge in [0, 0.05) is 46.4 Å². The summed E-state index contributed by atoms with van der Waals surface area (Å²) in [6.07, 6.45) is 4.67. The summed E-state index contributed by atoms with van der Waals surface area (Å²) in [4.78, 5) is 17.2. The van der Waals surface area contributed by atoms with Gasteiger partial charge in [0.15, 0.2) is 0 Å². The number of hydrogen-bond acceptors (Lipinski definition) is 5. The highest BCUT2D eigenvalue weighted by Crippen LogP contribution is 2.27. The Hall–Kier alpha value is -1.48. The van der Waals surface area contributed by atoms with Gasteiger partial charge < -0.3 is 9.64 Å². The van der Waals surface area contributed by atoms with Gasteiger partial charge in [-0.15, -0.1) is 0 Å². The van der Waals surface area contributed by atoms with E-state index in [1.165, 1.54) is 11.1 Å². The monoisotopic (exact) mass is 421 g/mol. The van der Waals surface area contributed by atoms with Crippen LogP contribution in [0.4, 0.5) is 0 Å². The summed E-state index contributed by atoms with van der Waals surface area (Å²) in [7, 11) is -1.85. The van der Waals surface area contributed by atoms with Gasteiger partial charge in [0.1, 0.15) is 0 Å². The van der Waals surface area contributed by atoms with Crippen molar-refractivity contribution in [1.82, 2.24) is 14.1 Å². The molecular formula is C21H31N3O4S. The number of hydrogen-bond donors (Lipinski definition) is 0. The van der Waals surface area contributed by atoms with Gasteiger partial charge in [0.05, 0.1) is 17.5 Å². The lowest BCUT2D eigenvalue weighted by Gasteiger charge is -2.26. The van der Waals surface area contributed by atoms with Crippen LogP contribution in [0.15, 0.2) is 23.1 Å². The molecule has 0 unspecified atom stereocenters. The highest BCUT2D eigenvalue weighted by atomic mass is 32.2. The first kappa shape index (κ1) is 20.8. The number of sulfonamides is 1. The van der Waals surface area contributed by atoms with E-state index in [0.717, 1.165) is 45.2 Å². The van der Waals surface area contributed by atoms with Crippen molar-refractivity contribution in [2.45, 2.75) is 43.0 Å². The number of aryl methyl sites for hydroxylation is 2. The van der Waals surface area contributed by atoms with Crippen molar-refractivity contribution < 1.29 is 17.9 Å². The SMILES string of the molecule is COCCN1CC[C@@H](N2CCCN(S(=O)(=O)c3ccc4c(c3)CCC4)CC2)C1=O. The molecule has 0 N–H and O–H groups in total. The fourth-order valence-electron chi connectivity index (χ4n) is 4.81. The van der Waals surface area contributed by atoms with Gasteiger partial charge >= 0.3 is 0 Å². The summed E-state index contributed by atoms with van der Waals surface area (Å²) in [5.74, 6) is 0.150. The molecule has 2 heterocycles. The summed E-state index contributed by atoms with van der Waals surface area (Å²) >= 11 is 0. The van der Waals surface area contributed by atoms with Crippen LogP contribution < -0.4 is 0 Å². The highest BCUT2D eigenvalue weighted by Gasteiger charge is 2.37. The molecule has 2 saturated heterocycles. The first-order chi connectivity index (χ1) is 14.0. The van der Waals surface area contributed by atoms with Crippen molar-refractivity contribution >= 4 is 15.9 Å². The van der Waals surface area contributed by atoms with Crippen molar-refractivity contribution in [3.8, 4) is 0 Å². The third-order valence-corrected chi connectivity index (χ3v) is 8.37. The van der Waals surface area contributed by atoms with E-state index >= 15 is 0 Å². The second-order valence-electron chi connectivity index (χ2n) is 8.20. The second-order valence-corrected chi connectivity index (χ2v) is 10.1. The van der Waals surface area contributed by atoms with E-state index in [4.69, 9.17) is 4.74 Å². The lowest BCUT2D eigenvalue weighted by atomic mass is 10.1. The Balaban J connectivity index is 1.42. The predicted octanol–water partition coefficient (Wildman–Crippen LogP) is 1.12. The Morgan fingerprint density at radius 2 is 1.86 bits per heavy atom. The van der Waals surface area contributed by atoms with Crippen LogP contribution in [0.2, 0.25) is 0 Å². The largest absolute Gasteiger partial charge is 0.383 e. The van der Waals surface area contributed by atoms with E-state index in [1.807, 2.05) is 17.0 Å². The van der Waals surface area contributed by atoms with Gasteiger partial charge in [-0.2, -0.15) is 4.31 Å². The summed E-state index contributed by atoms with van der Waals surface area (Å²) in [6.45, 7) is 4.21. The van der Waals surface area contributed by atoms with Crippen LogP contribution in [-0.2, 0) is 32.4 Å². The maximum atomic E-state index is 13.2. The normalized spacial score (nSPS) is 24.1. The first-order valence-corrected chi connectivity index (χ1v) is 12.1. The van der Waals surface area contributed by atoms with Gasteiger partial charge in [-0.25, -0.2) is 8.42 Å². The fourth-order valence-corrected chi connectivity index (χ4v) is 6.33. The number of rotatable bonds is 6. The Morgan fingerprint density at radius 3 is 2.69 bits per heavy atom. The van der Waals surface area contributed by atoms with Crippen LogP contribution in [-0.4, -0.2) is 87.5 Å². The van der Waals surface area contributed by atoms with Crippen molar-refractivity contribution in [3.63, 3.8) is 0 Å². The molecule has 1 aromatic carbocycles. The third-order valence-electron chi connectivity index (χ3n) is 6.47. The van der Waals surface area contributed by atoms with E-state index < -0.39 is 10.0 Å². The van der Waals surface area contributed by atoms with Crippen molar-refractivity contribution in [2.24, 2.45) is 0 Å². The molecule has 0 aromatic heterocycles. The van der Waals surface area contributed by atoms with E-state index in [2.05, 4.69) is 4.90 Å². The molecule has 29 heavy (non-hydrogen) atoms. The molecule has 1 amide bonds. The molecule has 3 aliphatic rings. The maximum Gasteiger partial charge on any atom is 0.243 e. The molecule has 7 nitrogen and oxygen atoms in total. The molecule has 2 fully saturated rings. The highest BCUT2D eigenvalue weighted by molar-refractivity contribution is 7.89. The smallest absolute Gasteiger partial charge is 0.243 e. The van der Waals surface area contributed by atoms with Gasteiger partial charge in [-0.1, -0.05) is 6.07 Å². The molecule has 8 heteroatoms. The number of benzene rings is 1. The summed E-state index contributed by atoms with van der Waals surface area (Å²) in [5, 5.41) is 0. The predicted molar refractivity (Wildman–Crippen MR) is 110 cm³/mol. The molecule has 4 rings (SSSR count). The fraction of sp³-hybridized carbons (Fsp3) is 0.667. The summed E-state index contributed by atoms with van der Waals surface area (Å²) < 4.78 is 33.1. The lowest BCUT2D eigenvalue weighted by molar-refractivity contribution is -0.132. The van der Waals surface area contributed by atoms with Gasteiger partial charge in [0.2, 0.25) is 15.9 Å². The van der Waals surface area contributed by atoms with Crippen molar-refractivity contribution in [3.05, 3.63) is 29.3 Å². The minimum atomic E-state index is -3.50. The second kappa shape index (κ2) is 8.71. The minimum Gasteiger partial charge on any atom is -0.383 e. The summed E-state index contributed by atoms with van der Waals surface area (Å²) in [5.41, 5.74) is 2.46. The Bertz CT molecular complexity index is 857. The minimum absolute atomic E-state index is 0.130. The topological polar surface area (TPSA) is 70.2 Å². The molecule has 1 aromatic rings. The Labute approximate surface area is 173 Å². The number of methoxy groups -OCH3 is 1. The van der Waals surface area contributed by atoms with Crippen LogP contribution in [0, 0.1) is 0 Å². The Morgan fingerprint density at radius 1 is 1.03 bits per heavy atom. The zero-order valence-electron chi connectivity index (χ0n) is 17.2. The zero-order valence-corrected chi connectivity index (χ0v) is 18.0. The van der Waals surface area contributed by atoms with Gasteiger partial charge in [-0.3, -0.25) is 9.69 Å². The standard InChI is InChI=1S/C21H31N3O4S/c1-28-15-14-23-11-8-20(21(23)25)22-9-3-10-24(13-12-22)29(26,27)19-7-6-17-4-2-5-18(17)16-19/h6-7,16,20H,2-5,8-15H2,1H3/t20-/m1/s1. The number of likely N-dealkylation sites (tertiary alicyclic amines) is 1. The van der Waals surface area contributed by atoms with Crippen molar-refractivity contribution in [1.29, 1.82) is 0 Å². The molecule has 1 aliphatic carbocycles. The molecule has 0 radical (unpaired) electrons. The molecule has 0 bridgehead atoms. The van der Waals surface area contributed by atoms with Crippen LogP contribution in [0.25, 0.3) is 0 Å². The number of fused-ring (bicyclic) bond motifs is 1. The molecule has 160 valence electrons. The Kier molecular flexibility index (Phi) is 6.24.